The number of nitrogens with zero attached hydrogens (tertiary/aromatic N) is 2. The fourth-order valence-electron chi connectivity index (χ4n) is 4.40. The summed E-state index contributed by atoms with van der Waals surface area (Å²) in [6.45, 7) is -0.181. The van der Waals surface area contributed by atoms with Gasteiger partial charge in [0.05, 0.1) is 22.1 Å². The van der Waals surface area contributed by atoms with Gasteiger partial charge in [0.15, 0.2) is 0 Å². The molecule has 0 aliphatic carbocycles. The number of amides is 2. The number of imide groups is 1. The molecule has 2 atom stereocenters. The van der Waals surface area contributed by atoms with Crippen molar-refractivity contribution in [2.75, 3.05) is 13.1 Å². The van der Waals surface area contributed by atoms with Crippen molar-refractivity contribution >= 4 is 32.6 Å². The van der Waals surface area contributed by atoms with E-state index in [1.54, 1.807) is 42.5 Å². The molecule has 1 fully saturated rings. The van der Waals surface area contributed by atoms with E-state index in [1.165, 1.54) is 4.31 Å². The average Bonchev–Trinajstić information content (AvgIpc) is 3.27. The number of aliphatic hydroxyl groups excluding tert-OH is 1. The van der Waals surface area contributed by atoms with E-state index in [2.05, 4.69) is 0 Å². The molecule has 3 aromatic carbocycles. The summed E-state index contributed by atoms with van der Waals surface area (Å²) >= 11 is 0. The third-order valence-electron chi connectivity index (χ3n) is 5.94. The van der Waals surface area contributed by atoms with Crippen LogP contribution in [0.5, 0.6) is 0 Å². The van der Waals surface area contributed by atoms with E-state index in [0.29, 0.717) is 11.1 Å². The van der Waals surface area contributed by atoms with Gasteiger partial charge in [-0.1, -0.05) is 42.5 Å². The van der Waals surface area contributed by atoms with Crippen LogP contribution in [0.15, 0.2) is 71.6 Å². The summed E-state index contributed by atoms with van der Waals surface area (Å²) in [5, 5.41) is 12.0. The predicted octanol–water partition coefficient (Wildman–Crippen LogP) is 2.26. The molecule has 2 aliphatic heterocycles. The zero-order valence-electron chi connectivity index (χ0n) is 16.5. The summed E-state index contributed by atoms with van der Waals surface area (Å²) in [6, 6.07) is 18.2. The van der Waals surface area contributed by atoms with Gasteiger partial charge >= 0.3 is 0 Å². The number of fused-ring (bicyclic) bond motifs is 2. The maximum Gasteiger partial charge on any atom is 0.261 e. The zero-order valence-corrected chi connectivity index (χ0v) is 17.3. The van der Waals surface area contributed by atoms with Gasteiger partial charge in [0.1, 0.15) is 0 Å². The molecule has 1 saturated heterocycles. The number of sulfonamides is 1. The lowest BCUT2D eigenvalue weighted by molar-refractivity contribution is 0.0627. The summed E-state index contributed by atoms with van der Waals surface area (Å²) in [6.07, 6.45) is -0.712. The molecule has 0 spiro atoms. The van der Waals surface area contributed by atoms with Crippen LogP contribution in [0.1, 0.15) is 27.1 Å². The average molecular weight is 436 g/mol. The topological polar surface area (TPSA) is 95.0 Å². The second-order valence-electron chi connectivity index (χ2n) is 7.89. The van der Waals surface area contributed by atoms with E-state index >= 15 is 0 Å². The predicted molar refractivity (Wildman–Crippen MR) is 114 cm³/mol. The summed E-state index contributed by atoms with van der Waals surface area (Å²) in [5.74, 6) is -0.880. The first-order valence-electron chi connectivity index (χ1n) is 10.0. The molecule has 2 amide bonds. The van der Waals surface area contributed by atoms with Crippen molar-refractivity contribution in [3.63, 3.8) is 0 Å². The molecule has 7 nitrogen and oxygen atoms in total. The fraction of sp³-hybridized carbons (Fsp3) is 0.217. The Labute approximate surface area is 179 Å². The minimum absolute atomic E-state index is 0.0804. The Bertz CT molecular complexity index is 1290. The second kappa shape index (κ2) is 7.26. The number of aliphatic hydroxyl groups is 1. The highest BCUT2D eigenvalue weighted by Gasteiger charge is 2.44. The van der Waals surface area contributed by atoms with Crippen molar-refractivity contribution in [1.29, 1.82) is 0 Å². The molecular formula is C23H20N2O5S. The highest BCUT2D eigenvalue weighted by Crippen LogP contribution is 2.31. The molecule has 2 aliphatic rings. The summed E-state index contributed by atoms with van der Waals surface area (Å²) in [7, 11) is -3.93. The van der Waals surface area contributed by atoms with Crippen molar-refractivity contribution in [2.45, 2.75) is 23.5 Å². The van der Waals surface area contributed by atoms with Gasteiger partial charge in [0.25, 0.3) is 11.8 Å². The summed E-state index contributed by atoms with van der Waals surface area (Å²) in [5.41, 5.74) is 0.630. The van der Waals surface area contributed by atoms with Gasteiger partial charge in [-0.3, -0.25) is 14.5 Å². The monoisotopic (exact) mass is 436 g/mol. The summed E-state index contributed by atoms with van der Waals surface area (Å²) in [4.78, 5) is 26.6. The van der Waals surface area contributed by atoms with Crippen LogP contribution in [-0.4, -0.2) is 59.8 Å². The minimum atomic E-state index is -3.93. The smallest absolute Gasteiger partial charge is 0.261 e. The van der Waals surface area contributed by atoms with Crippen LogP contribution in [0.4, 0.5) is 0 Å². The van der Waals surface area contributed by atoms with Crippen LogP contribution < -0.4 is 0 Å². The molecule has 31 heavy (non-hydrogen) atoms. The van der Waals surface area contributed by atoms with Crippen LogP contribution in [0.2, 0.25) is 0 Å². The molecule has 3 aromatic rings. The molecule has 0 radical (unpaired) electrons. The Morgan fingerprint density at radius 3 is 2.16 bits per heavy atom. The molecular weight excluding hydrogens is 416 g/mol. The Balaban J connectivity index is 1.46. The van der Waals surface area contributed by atoms with Crippen LogP contribution >= 0.6 is 0 Å². The largest absolute Gasteiger partial charge is 0.392 e. The van der Waals surface area contributed by atoms with Gasteiger partial charge in [-0.25, -0.2) is 8.42 Å². The van der Waals surface area contributed by atoms with Gasteiger partial charge < -0.3 is 5.11 Å². The molecule has 158 valence electrons. The lowest BCUT2D eigenvalue weighted by Gasteiger charge is -2.27. The summed E-state index contributed by atoms with van der Waals surface area (Å²) < 4.78 is 28.0. The molecule has 1 N–H and O–H groups in total. The minimum Gasteiger partial charge on any atom is -0.392 e. The van der Waals surface area contributed by atoms with E-state index in [0.717, 1.165) is 15.7 Å². The van der Waals surface area contributed by atoms with Crippen LogP contribution in [0, 0.1) is 0 Å². The SMILES string of the molecule is O=C1c2ccccc2C(=O)N1C[C@@H]1C[C@@H](O)CN1S(=O)(=O)c1ccc2ccccc2c1. The number of hydrogen-bond acceptors (Lipinski definition) is 5. The standard InChI is InChI=1S/C23H20N2O5S/c26-18-12-17(13-24-22(27)20-7-3-4-8-21(20)23(24)28)25(14-18)31(29,30)19-10-9-15-5-1-2-6-16(15)11-19/h1-11,17-18,26H,12-14H2/t17-,18+/m0/s1. The van der Waals surface area contributed by atoms with Gasteiger partial charge in [-0.2, -0.15) is 4.31 Å². The van der Waals surface area contributed by atoms with E-state index in [1.807, 2.05) is 24.3 Å². The highest BCUT2D eigenvalue weighted by molar-refractivity contribution is 7.89. The van der Waals surface area contributed by atoms with E-state index in [4.69, 9.17) is 0 Å². The van der Waals surface area contributed by atoms with E-state index in [-0.39, 0.29) is 24.4 Å². The first-order valence-corrected chi connectivity index (χ1v) is 11.4. The fourth-order valence-corrected chi connectivity index (χ4v) is 6.10. The van der Waals surface area contributed by atoms with E-state index < -0.39 is 34.0 Å². The molecule has 0 unspecified atom stereocenters. The van der Waals surface area contributed by atoms with Gasteiger partial charge in [0.2, 0.25) is 10.0 Å². The lowest BCUT2D eigenvalue weighted by Crippen LogP contribution is -2.45. The second-order valence-corrected chi connectivity index (χ2v) is 9.78. The van der Waals surface area contributed by atoms with Gasteiger partial charge in [-0.15, -0.1) is 0 Å². The van der Waals surface area contributed by atoms with Crippen LogP contribution in [0.3, 0.4) is 0 Å². The zero-order chi connectivity index (χ0) is 21.8. The first-order chi connectivity index (χ1) is 14.9. The third-order valence-corrected chi connectivity index (χ3v) is 7.86. The van der Waals surface area contributed by atoms with Crippen LogP contribution in [0.25, 0.3) is 10.8 Å². The van der Waals surface area contributed by atoms with E-state index in [9.17, 15) is 23.1 Å². The lowest BCUT2D eigenvalue weighted by atomic mass is 10.1. The van der Waals surface area contributed by atoms with Crippen molar-refractivity contribution in [3.8, 4) is 0 Å². The van der Waals surface area contributed by atoms with Gasteiger partial charge in [0, 0.05) is 19.1 Å². The molecule has 0 saturated carbocycles. The Morgan fingerprint density at radius 2 is 1.48 bits per heavy atom. The van der Waals surface area contributed by atoms with Gasteiger partial charge in [-0.05, 0) is 41.5 Å². The molecule has 8 heteroatoms. The van der Waals surface area contributed by atoms with Crippen molar-refractivity contribution < 1.29 is 23.1 Å². The van der Waals surface area contributed by atoms with Crippen molar-refractivity contribution in [1.82, 2.24) is 9.21 Å². The normalized spacial score (nSPS) is 21.8. The van der Waals surface area contributed by atoms with Crippen LogP contribution in [-0.2, 0) is 10.0 Å². The molecule has 0 aromatic heterocycles. The Kier molecular flexibility index (Phi) is 4.65. The number of hydrogen-bond donors (Lipinski definition) is 1. The molecule has 2 heterocycles. The number of benzene rings is 3. The maximum absolute atomic E-state index is 13.4. The quantitative estimate of drug-likeness (QED) is 0.633. The van der Waals surface area contributed by atoms with Crippen molar-refractivity contribution in [2.24, 2.45) is 0 Å². The number of rotatable bonds is 4. The Hall–Kier alpha value is -3.07. The highest BCUT2D eigenvalue weighted by atomic mass is 32.2. The maximum atomic E-state index is 13.4. The molecule has 5 rings (SSSR count). The number of carbonyl (C=O) groups excluding carboxylic acids is 2. The molecule has 0 bridgehead atoms. The number of β-amino-alcohol motifs (C(OH)–C–C–N with tert-alkyl or cyclic N) is 1. The third kappa shape index (κ3) is 3.23. The first kappa shape index (κ1) is 19.9. The number of carbonyl (C=O) groups is 2. The Morgan fingerprint density at radius 1 is 0.871 bits per heavy atom. The van der Waals surface area contributed by atoms with Crippen molar-refractivity contribution in [3.05, 3.63) is 77.9 Å².